The summed E-state index contributed by atoms with van der Waals surface area (Å²) in [6.07, 6.45) is 17.7. The smallest absolute Gasteiger partial charge is 0.306 e. The number of carboxylic acid groups (broad SMARTS) is 1. The highest BCUT2D eigenvalue weighted by molar-refractivity contribution is 5.69. The molecule has 0 radical (unpaired) electrons. The van der Waals surface area contributed by atoms with Crippen LogP contribution in [0, 0.1) is 29.1 Å². The van der Waals surface area contributed by atoms with E-state index in [0.29, 0.717) is 29.4 Å². The van der Waals surface area contributed by atoms with Gasteiger partial charge >= 0.3 is 5.97 Å². The van der Waals surface area contributed by atoms with E-state index in [1.54, 1.807) is 0 Å². The quantitative estimate of drug-likeness (QED) is 0.242. The highest BCUT2D eigenvalue weighted by Gasteiger charge is 2.57. The number of carbonyl (C=O) groups is 1. The van der Waals surface area contributed by atoms with E-state index < -0.39 is 5.97 Å². The molecular weight excluding hydrogens is 448 g/mol. The molecule has 4 rings (SSSR count). The molecule has 0 amide bonds. The van der Waals surface area contributed by atoms with E-state index >= 15 is 0 Å². The van der Waals surface area contributed by atoms with Gasteiger partial charge in [-0.15, -0.1) is 0 Å². The van der Waals surface area contributed by atoms with Crippen LogP contribution >= 0.6 is 0 Å². The van der Waals surface area contributed by atoms with Gasteiger partial charge in [0.25, 0.3) is 0 Å². The first-order valence-electron chi connectivity index (χ1n) is 15.1. The second-order valence-corrected chi connectivity index (χ2v) is 12.7. The van der Waals surface area contributed by atoms with Crippen LogP contribution in [0.3, 0.4) is 0 Å². The molecule has 36 heavy (non-hydrogen) atoms. The molecule has 3 N–H and O–H groups in total. The van der Waals surface area contributed by atoms with Gasteiger partial charge in [0.1, 0.15) is 5.75 Å². The number of rotatable bonds is 13. The van der Waals surface area contributed by atoms with Crippen LogP contribution < -0.4 is 0 Å². The van der Waals surface area contributed by atoms with Gasteiger partial charge in [-0.05, 0) is 104 Å². The molecule has 7 unspecified atom stereocenters. The van der Waals surface area contributed by atoms with Crippen LogP contribution in [-0.4, -0.2) is 27.4 Å². The number of phenols is 1. The van der Waals surface area contributed by atoms with Gasteiger partial charge in [0.05, 0.1) is 12.0 Å². The Morgan fingerprint density at radius 1 is 1.03 bits per heavy atom. The van der Waals surface area contributed by atoms with Crippen molar-refractivity contribution in [2.75, 3.05) is 0 Å². The van der Waals surface area contributed by atoms with Crippen LogP contribution in [0.2, 0.25) is 0 Å². The maximum atomic E-state index is 11.3. The highest BCUT2D eigenvalue weighted by Crippen LogP contribution is 2.63. The van der Waals surface area contributed by atoms with Crippen molar-refractivity contribution in [3.8, 4) is 5.75 Å². The average molecular weight is 499 g/mol. The molecule has 7 atom stereocenters. The topological polar surface area (TPSA) is 77.8 Å². The number of aliphatic hydroxyl groups is 1. The fourth-order valence-corrected chi connectivity index (χ4v) is 8.55. The van der Waals surface area contributed by atoms with E-state index in [0.717, 1.165) is 51.4 Å². The number of hydrogen-bond acceptors (Lipinski definition) is 3. The molecule has 2 saturated carbocycles. The molecule has 4 heteroatoms. The van der Waals surface area contributed by atoms with Crippen molar-refractivity contribution in [2.45, 2.75) is 129 Å². The zero-order chi connectivity index (χ0) is 25.7. The zero-order valence-electron chi connectivity index (χ0n) is 22.8. The van der Waals surface area contributed by atoms with Crippen molar-refractivity contribution in [1.82, 2.24) is 0 Å². The molecule has 0 bridgehead atoms. The number of carboxylic acids is 1. The molecule has 0 aliphatic heterocycles. The van der Waals surface area contributed by atoms with Crippen molar-refractivity contribution >= 4 is 5.97 Å². The SMILES string of the molecule is CCCC(CCCCCCCCCC1CC2(C)C(O)CCC2C2CCc3cc(O)ccc3C12)C(=O)O. The van der Waals surface area contributed by atoms with Gasteiger partial charge in [-0.2, -0.15) is 0 Å². The molecule has 0 aromatic heterocycles. The van der Waals surface area contributed by atoms with Crippen LogP contribution in [0.4, 0.5) is 0 Å². The van der Waals surface area contributed by atoms with Crippen LogP contribution in [-0.2, 0) is 11.2 Å². The summed E-state index contributed by atoms with van der Waals surface area (Å²) in [5.74, 6) is 2.14. The molecule has 1 aromatic rings. The predicted octanol–water partition coefficient (Wildman–Crippen LogP) is 7.85. The second kappa shape index (κ2) is 12.3. The number of aryl methyl sites for hydroxylation is 1. The van der Waals surface area contributed by atoms with Gasteiger partial charge in [-0.3, -0.25) is 4.79 Å². The molecule has 2 fully saturated rings. The zero-order valence-corrected chi connectivity index (χ0v) is 22.8. The van der Waals surface area contributed by atoms with E-state index in [2.05, 4.69) is 19.9 Å². The third kappa shape index (κ3) is 5.95. The number of aliphatic hydroxyl groups excluding tert-OH is 1. The van der Waals surface area contributed by atoms with E-state index in [9.17, 15) is 20.1 Å². The van der Waals surface area contributed by atoms with Crippen molar-refractivity contribution in [2.24, 2.45) is 29.1 Å². The summed E-state index contributed by atoms with van der Waals surface area (Å²) in [5.41, 5.74) is 2.92. The Balaban J connectivity index is 1.26. The lowest BCUT2D eigenvalue weighted by Gasteiger charge is -2.54. The van der Waals surface area contributed by atoms with Crippen LogP contribution in [0.15, 0.2) is 18.2 Å². The maximum Gasteiger partial charge on any atom is 0.306 e. The monoisotopic (exact) mass is 498 g/mol. The van der Waals surface area contributed by atoms with Crippen molar-refractivity contribution in [1.29, 1.82) is 0 Å². The van der Waals surface area contributed by atoms with Gasteiger partial charge in [0.15, 0.2) is 0 Å². The fraction of sp³-hybridized carbons (Fsp3) is 0.781. The lowest BCUT2D eigenvalue weighted by Crippen LogP contribution is -2.47. The Morgan fingerprint density at radius 2 is 1.75 bits per heavy atom. The van der Waals surface area contributed by atoms with Gasteiger partial charge in [-0.25, -0.2) is 0 Å². The lowest BCUT2D eigenvalue weighted by atomic mass is 9.51. The number of aromatic hydroxyl groups is 1. The van der Waals surface area contributed by atoms with E-state index in [1.165, 1.54) is 62.5 Å². The first kappa shape index (κ1) is 27.5. The maximum absolute atomic E-state index is 11.3. The molecular formula is C32H50O4. The Labute approximate surface area is 218 Å². The molecule has 0 heterocycles. The summed E-state index contributed by atoms with van der Waals surface area (Å²) in [6.45, 7) is 4.44. The Hall–Kier alpha value is -1.55. The van der Waals surface area contributed by atoms with Crippen molar-refractivity contribution in [3.63, 3.8) is 0 Å². The molecule has 1 aromatic carbocycles. The van der Waals surface area contributed by atoms with E-state index in [1.807, 2.05) is 12.1 Å². The number of fused-ring (bicyclic) bond motifs is 5. The van der Waals surface area contributed by atoms with Gasteiger partial charge in [0, 0.05) is 0 Å². The van der Waals surface area contributed by atoms with Gasteiger partial charge in [-0.1, -0.05) is 71.3 Å². The lowest BCUT2D eigenvalue weighted by molar-refractivity contribution is -0.142. The third-order valence-corrected chi connectivity index (χ3v) is 10.4. The number of benzene rings is 1. The average Bonchev–Trinajstić information content (AvgIpc) is 3.15. The number of phenolic OH excluding ortho intramolecular Hbond substituents is 1. The normalized spacial score (nSPS) is 31.9. The summed E-state index contributed by atoms with van der Waals surface area (Å²) in [4.78, 5) is 11.3. The Kier molecular flexibility index (Phi) is 9.41. The summed E-state index contributed by atoms with van der Waals surface area (Å²) >= 11 is 0. The first-order valence-corrected chi connectivity index (χ1v) is 15.1. The fourth-order valence-electron chi connectivity index (χ4n) is 8.55. The molecule has 4 nitrogen and oxygen atoms in total. The third-order valence-electron chi connectivity index (χ3n) is 10.4. The van der Waals surface area contributed by atoms with Gasteiger partial charge in [0.2, 0.25) is 0 Å². The number of hydrogen-bond donors (Lipinski definition) is 3. The second-order valence-electron chi connectivity index (χ2n) is 12.7. The predicted molar refractivity (Wildman–Crippen MR) is 145 cm³/mol. The van der Waals surface area contributed by atoms with E-state index in [4.69, 9.17) is 0 Å². The largest absolute Gasteiger partial charge is 0.508 e. The number of unbranched alkanes of at least 4 members (excludes halogenated alkanes) is 6. The van der Waals surface area contributed by atoms with Crippen LogP contribution in [0.25, 0.3) is 0 Å². The summed E-state index contributed by atoms with van der Waals surface area (Å²) in [7, 11) is 0. The summed E-state index contributed by atoms with van der Waals surface area (Å²) in [6, 6.07) is 6.09. The molecule has 202 valence electrons. The molecule has 3 aliphatic rings. The standard InChI is InChI=1S/C32H50O4/c1-3-11-22(31(35)36)12-9-7-5-4-6-8-10-13-24-21-32(2)28(18-19-29(32)34)27-16-14-23-20-25(33)15-17-26(23)30(24)27/h15,17,20,22,24,27-30,33-34H,3-14,16,18-19,21H2,1-2H3,(H,35,36). The van der Waals surface area contributed by atoms with Crippen LogP contribution in [0.5, 0.6) is 5.75 Å². The Morgan fingerprint density at radius 3 is 2.47 bits per heavy atom. The highest BCUT2D eigenvalue weighted by atomic mass is 16.4. The molecule has 0 spiro atoms. The first-order chi connectivity index (χ1) is 17.3. The minimum atomic E-state index is -0.621. The molecule has 0 saturated heterocycles. The Bertz CT molecular complexity index is 866. The molecule has 3 aliphatic carbocycles. The van der Waals surface area contributed by atoms with Crippen LogP contribution in [0.1, 0.15) is 127 Å². The minimum absolute atomic E-state index is 0.0752. The van der Waals surface area contributed by atoms with Crippen molar-refractivity contribution < 1.29 is 20.1 Å². The summed E-state index contributed by atoms with van der Waals surface area (Å²) in [5, 5.41) is 30.3. The van der Waals surface area contributed by atoms with Crippen molar-refractivity contribution in [3.05, 3.63) is 29.3 Å². The van der Waals surface area contributed by atoms with E-state index in [-0.39, 0.29) is 17.4 Å². The summed E-state index contributed by atoms with van der Waals surface area (Å²) < 4.78 is 0. The minimum Gasteiger partial charge on any atom is -0.508 e. The van der Waals surface area contributed by atoms with Gasteiger partial charge < -0.3 is 15.3 Å². The number of aliphatic carboxylic acids is 1.